The van der Waals surface area contributed by atoms with Crippen LogP contribution in [0.5, 0.6) is 5.75 Å². The van der Waals surface area contributed by atoms with E-state index in [0.717, 1.165) is 19.0 Å². The minimum absolute atomic E-state index is 0.585. The molecule has 0 radical (unpaired) electrons. The predicted octanol–water partition coefficient (Wildman–Crippen LogP) is 0.842. The van der Waals surface area contributed by atoms with E-state index in [4.69, 9.17) is 4.74 Å². The Morgan fingerprint density at radius 2 is 1.63 bits per heavy atom. The summed E-state index contributed by atoms with van der Waals surface area (Å²) in [6.07, 6.45) is -4.28. The van der Waals surface area contributed by atoms with Crippen molar-refractivity contribution in [2.45, 2.75) is 6.18 Å². The quantitative estimate of drug-likeness (QED) is 0.719. The number of methoxy groups -OCH3 is 1. The molecule has 2 aromatic rings. The first-order valence-electron chi connectivity index (χ1n) is 5.45. The Balaban J connectivity index is 2.18. The molecule has 0 saturated carbocycles. The highest BCUT2D eigenvalue weighted by molar-refractivity contribution is 5.21. The van der Waals surface area contributed by atoms with Gasteiger partial charge in [-0.3, -0.25) is 0 Å². The molecule has 0 fully saturated rings. The molecular weight excluding hydrogens is 368 g/mol. The van der Waals surface area contributed by atoms with Crippen molar-refractivity contribution >= 4 is 0 Å². The van der Waals surface area contributed by atoms with Crippen LogP contribution in [0, 0.1) is 7.14 Å². The maximum atomic E-state index is 12.6. The lowest BCUT2D eigenvalue weighted by atomic mass is 10.2. The van der Waals surface area contributed by atoms with Gasteiger partial charge in [0, 0.05) is 6.07 Å². The summed E-state index contributed by atoms with van der Waals surface area (Å²) in [6.45, 7) is 0. The van der Waals surface area contributed by atoms with Crippen LogP contribution in [-0.4, -0.2) is 7.11 Å². The summed E-state index contributed by atoms with van der Waals surface area (Å²) in [5.74, 6) is 0.747. The molecule has 0 amide bonds. The van der Waals surface area contributed by atoms with Crippen LogP contribution in [0.25, 0.3) is 0 Å². The van der Waals surface area contributed by atoms with Crippen molar-refractivity contribution in [1.82, 2.24) is 0 Å². The summed E-state index contributed by atoms with van der Waals surface area (Å²) in [7, 11) is 1.58. The molecule has 0 saturated heterocycles. The number of halogens is 4. The van der Waals surface area contributed by atoms with E-state index in [-0.39, 0.29) is 0 Å². The second kappa shape index (κ2) is 5.81. The Hall–Kier alpha value is -1.24. The molecule has 0 aliphatic carbocycles. The third kappa shape index (κ3) is 3.86. The standard InChI is InChI=1S/C14H11F3IO/c1-19-13-7-5-11(6-8-13)18-12-4-2-3-10(9-12)14(15,16)17/h2-9H,1H3/q+1. The average Bonchev–Trinajstić information content (AvgIpc) is 2.39. The molecule has 0 unspecified atom stereocenters. The summed E-state index contributed by atoms with van der Waals surface area (Å²) in [5, 5.41) is 0. The lowest BCUT2D eigenvalue weighted by molar-refractivity contribution is -0.597. The number of hydrogen-bond acceptors (Lipinski definition) is 1. The van der Waals surface area contributed by atoms with Crippen LogP contribution >= 0.6 is 0 Å². The fraction of sp³-hybridized carbons (Fsp3) is 0.143. The SMILES string of the molecule is COc1ccc([I+]c2cccc(C(F)(F)F)c2)cc1. The maximum Gasteiger partial charge on any atom is 0.416 e. The third-order valence-electron chi connectivity index (χ3n) is 2.42. The summed E-state index contributed by atoms with van der Waals surface area (Å²) in [6, 6.07) is 13.0. The van der Waals surface area contributed by atoms with Crippen molar-refractivity contribution in [3.8, 4) is 5.75 Å². The van der Waals surface area contributed by atoms with Gasteiger partial charge in [0.05, 0.1) is 12.7 Å². The Morgan fingerprint density at radius 3 is 2.21 bits per heavy atom. The molecule has 19 heavy (non-hydrogen) atoms. The normalized spacial score (nSPS) is 11.4. The molecule has 0 aromatic heterocycles. The molecule has 100 valence electrons. The van der Waals surface area contributed by atoms with E-state index in [1.807, 2.05) is 24.3 Å². The first kappa shape index (κ1) is 14.2. The summed E-state index contributed by atoms with van der Waals surface area (Å²) in [5.41, 5.74) is -0.585. The molecule has 5 heteroatoms. The van der Waals surface area contributed by atoms with Gasteiger partial charge in [-0.05, 0) is 36.4 Å². The Bertz CT molecular complexity index is 549. The van der Waals surface area contributed by atoms with Gasteiger partial charge in [0.2, 0.25) is 0 Å². The van der Waals surface area contributed by atoms with Crippen LogP contribution in [0.1, 0.15) is 5.56 Å². The van der Waals surface area contributed by atoms with Crippen LogP contribution < -0.4 is 25.9 Å². The van der Waals surface area contributed by atoms with E-state index in [1.54, 1.807) is 13.2 Å². The largest absolute Gasteiger partial charge is 0.497 e. The molecule has 0 atom stereocenters. The van der Waals surface area contributed by atoms with E-state index in [0.29, 0.717) is 0 Å². The fourth-order valence-corrected chi connectivity index (χ4v) is 3.80. The number of rotatable bonds is 3. The van der Waals surface area contributed by atoms with E-state index in [9.17, 15) is 13.2 Å². The second-order valence-corrected chi connectivity index (χ2v) is 6.79. The number of alkyl halides is 3. The fourth-order valence-electron chi connectivity index (χ4n) is 1.48. The molecule has 0 aliphatic rings. The van der Waals surface area contributed by atoms with Crippen LogP contribution in [0.4, 0.5) is 13.2 Å². The van der Waals surface area contributed by atoms with Crippen LogP contribution in [-0.2, 0) is 6.18 Å². The van der Waals surface area contributed by atoms with E-state index in [1.165, 1.54) is 12.1 Å². The zero-order valence-electron chi connectivity index (χ0n) is 10.0. The zero-order chi connectivity index (χ0) is 13.9. The van der Waals surface area contributed by atoms with Crippen molar-refractivity contribution in [2.75, 3.05) is 7.11 Å². The summed E-state index contributed by atoms with van der Waals surface area (Å²) in [4.78, 5) is 0. The minimum atomic E-state index is -4.28. The molecule has 0 N–H and O–H groups in total. The van der Waals surface area contributed by atoms with Crippen LogP contribution in [0.2, 0.25) is 0 Å². The van der Waals surface area contributed by atoms with Gasteiger partial charge in [-0.1, -0.05) is 6.07 Å². The first-order valence-corrected chi connectivity index (χ1v) is 7.61. The highest BCUT2D eigenvalue weighted by Crippen LogP contribution is 2.28. The number of benzene rings is 2. The van der Waals surface area contributed by atoms with E-state index in [2.05, 4.69) is 0 Å². The molecular formula is C14H11F3IO+. The summed E-state index contributed by atoms with van der Waals surface area (Å²) >= 11 is -0.610. The van der Waals surface area contributed by atoms with Gasteiger partial charge in [-0.2, -0.15) is 13.2 Å². The van der Waals surface area contributed by atoms with Gasteiger partial charge < -0.3 is 4.74 Å². The Kier molecular flexibility index (Phi) is 4.34. The Labute approximate surface area is 119 Å². The van der Waals surface area contributed by atoms with Gasteiger partial charge >= 0.3 is 27.4 Å². The molecule has 2 rings (SSSR count). The topological polar surface area (TPSA) is 9.23 Å². The second-order valence-electron chi connectivity index (χ2n) is 3.76. The highest BCUT2D eigenvalue weighted by Gasteiger charge is 2.32. The van der Waals surface area contributed by atoms with Crippen molar-refractivity contribution in [3.63, 3.8) is 0 Å². The lowest BCUT2D eigenvalue weighted by Gasteiger charge is -2.04. The van der Waals surface area contributed by atoms with Crippen molar-refractivity contribution in [2.24, 2.45) is 0 Å². The van der Waals surface area contributed by atoms with E-state index < -0.39 is 32.9 Å². The van der Waals surface area contributed by atoms with Crippen molar-refractivity contribution in [3.05, 3.63) is 61.2 Å². The van der Waals surface area contributed by atoms with Crippen molar-refractivity contribution < 1.29 is 39.1 Å². The lowest BCUT2D eigenvalue weighted by Crippen LogP contribution is -3.61. The smallest absolute Gasteiger partial charge is 0.416 e. The van der Waals surface area contributed by atoms with Gasteiger partial charge in [-0.15, -0.1) is 0 Å². The maximum absolute atomic E-state index is 12.6. The zero-order valence-corrected chi connectivity index (χ0v) is 12.2. The van der Waals surface area contributed by atoms with Crippen molar-refractivity contribution in [1.29, 1.82) is 0 Å². The third-order valence-corrected chi connectivity index (χ3v) is 5.06. The van der Waals surface area contributed by atoms with Gasteiger partial charge in [0.25, 0.3) is 0 Å². The predicted molar refractivity (Wildman–Crippen MR) is 61.8 cm³/mol. The molecule has 2 aromatic carbocycles. The highest BCUT2D eigenvalue weighted by atomic mass is 127. The average molecular weight is 379 g/mol. The number of ether oxygens (including phenoxy) is 1. The number of hydrogen-bond donors (Lipinski definition) is 0. The van der Waals surface area contributed by atoms with Gasteiger partial charge in [0.15, 0.2) is 7.14 Å². The van der Waals surface area contributed by atoms with E-state index >= 15 is 0 Å². The van der Waals surface area contributed by atoms with Gasteiger partial charge in [-0.25, -0.2) is 0 Å². The Morgan fingerprint density at radius 1 is 0.947 bits per heavy atom. The summed E-state index contributed by atoms with van der Waals surface area (Å²) < 4.78 is 44.7. The molecule has 0 heterocycles. The molecule has 1 nitrogen and oxygen atoms in total. The molecule has 0 bridgehead atoms. The van der Waals surface area contributed by atoms with Crippen LogP contribution in [0.15, 0.2) is 48.5 Å². The first-order chi connectivity index (χ1) is 8.99. The van der Waals surface area contributed by atoms with Gasteiger partial charge in [0.1, 0.15) is 5.75 Å². The monoisotopic (exact) mass is 379 g/mol. The van der Waals surface area contributed by atoms with Crippen LogP contribution in [0.3, 0.4) is 0 Å². The molecule has 0 aliphatic heterocycles. The minimum Gasteiger partial charge on any atom is -0.497 e. The molecule has 0 spiro atoms.